The summed E-state index contributed by atoms with van der Waals surface area (Å²) in [7, 11) is 0. The highest BCUT2D eigenvalue weighted by atomic mass is 35.5. The Morgan fingerprint density at radius 2 is 1.72 bits per heavy atom. The predicted octanol–water partition coefficient (Wildman–Crippen LogP) is 5.26. The average Bonchev–Trinajstić information content (AvgIpc) is 2.73. The third kappa shape index (κ3) is 3.94. The van der Waals surface area contributed by atoms with E-state index in [9.17, 15) is 0 Å². The lowest BCUT2D eigenvalue weighted by Crippen LogP contribution is -2.44. The highest BCUT2D eigenvalue weighted by molar-refractivity contribution is 6.35. The summed E-state index contributed by atoms with van der Waals surface area (Å²) in [5.41, 5.74) is 12.5. The second-order valence-corrected chi connectivity index (χ2v) is 7.91. The summed E-state index contributed by atoms with van der Waals surface area (Å²) >= 11 is 6.56. The van der Waals surface area contributed by atoms with Crippen LogP contribution >= 0.6 is 11.6 Å². The number of benzene rings is 2. The molecule has 0 spiro atoms. The van der Waals surface area contributed by atoms with E-state index in [-0.39, 0.29) is 0 Å². The number of pyridine rings is 1. The second kappa shape index (κ2) is 7.80. The molecular formula is C24H25ClN4. The Kier molecular flexibility index (Phi) is 5.20. The third-order valence-corrected chi connectivity index (χ3v) is 5.79. The molecular weight excluding hydrogens is 380 g/mol. The van der Waals surface area contributed by atoms with Crippen molar-refractivity contribution in [1.29, 1.82) is 0 Å². The van der Waals surface area contributed by atoms with Crippen LogP contribution in [-0.4, -0.2) is 41.0 Å². The fraction of sp³-hybridized carbons (Fsp3) is 0.208. The Labute approximate surface area is 176 Å². The molecule has 5 heteroatoms. The van der Waals surface area contributed by atoms with Gasteiger partial charge in [-0.25, -0.2) is 4.98 Å². The number of fused-ring (bicyclic) bond motifs is 1. The van der Waals surface area contributed by atoms with Crippen molar-refractivity contribution in [2.24, 2.45) is 0 Å². The SMILES string of the molecule is C=C(C)N1CCN(C(=C)c2ccc3c(Cl)cc(-c4cccc(N)c4)nc3c2)CC1. The molecule has 0 unspecified atom stereocenters. The van der Waals surface area contributed by atoms with Gasteiger partial charge in [0, 0.05) is 54.2 Å². The fourth-order valence-corrected chi connectivity index (χ4v) is 4.02. The fourth-order valence-electron chi connectivity index (χ4n) is 3.75. The summed E-state index contributed by atoms with van der Waals surface area (Å²) in [6, 6.07) is 15.8. The number of rotatable bonds is 4. The van der Waals surface area contributed by atoms with Crippen molar-refractivity contribution in [2.45, 2.75) is 6.92 Å². The first-order chi connectivity index (χ1) is 13.9. The minimum absolute atomic E-state index is 0.680. The number of anilines is 1. The van der Waals surface area contributed by atoms with Crippen LogP contribution in [0, 0.1) is 0 Å². The molecule has 3 aromatic rings. The molecule has 1 aromatic heterocycles. The molecule has 2 aromatic carbocycles. The van der Waals surface area contributed by atoms with Crippen LogP contribution in [0.4, 0.5) is 5.69 Å². The van der Waals surface area contributed by atoms with Crippen LogP contribution in [0.1, 0.15) is 12.5 Å². The van der Waals surface area contributed by atoms with Crippen molar-refractivity contribution >= 4 is 33.9 Å². The van der Waals surface area contributed by atoms with Crippen LogP contribution in [-0.2, 0) is 0 Å². The molecule has 1 saturated heterocycles. The first kappa shape index (κ1) is 19.3. The van der Waals surface area contributed by atoms with Gasteiger partial charge in [0.25, 0.3) is 0 Å². The van der Waals surface area contributed by atoms with E-state index in [0.717, 1.165) is 65.3 Å². The Balaban J connectivity index is 1.65. The van der Waals surface area contributed by atoms with Gasteiger partial charge in [-0.2, -0.15) is 0 Å². The lowest BCUT2D eigenvalue weighted by Gasteiger charge is -2.38. The largest absolute Gasteiger partial charge is 0.399 e. The zero-order valence-corrected chi connectivity index (χ0v) is 17.4. The van der Waals surface area contributed by atoms with Crippen LogP contribution in [0.5, 0.6) is 0 Å². The highest BCUT2D eigenvalue weighted by Crippen LogP contribution is 2.31. The van der Waals surface area contributed by atoms with E-state index >= 15 is 0 Å². The van der Waals surface area contributed by atoms with E-state index in [0.29, 0.717) is 10.7 Å². The van der Waals surface area contributed by atoms with Gasteiger partial charge in [0.2, 0.25) is 0 Å². The molecule has 0 saturated carbocycles. The summed E-state index contributed by atoms with van der Waals surface area (Å²) in [5, 5.41) is 1.61. The van der Waals surface area contributed by atoms with E-state index in [1.54, 1.807) is 0 Å². The summed E-state index contributed by atoms with van der Waals surface area (Å²) in [5.74, 6) is 0. The number of piperazine rings is 1. The maximum Gasteiger partial charge on any atom is 0.0731 e. The summed E-state index contributed by atoms with van der Waals surface area (Å²) in [4.78, 5) is 9.48. The number of nitrogens with two attached hydrogens (primary N) is 1. The molecule has 1 aliphatic heterocycles. The van der Waals surface area contributed by atoms with Crippen molar-refractivity contribution < 1.29 is 0 Å². The Hall–Kier alpha value is -2.98. The van der Waals surface area contributed by atoms with E-state index in [1.807, 2.05) is 36.4 Å². The molecule has 0 bridgehead atoms. The van der Waals surface area contributed by atoms with Gasteiger partial charge >= 0.3 is 0 Å². The lowest BCUT2D eigenvalue weighted by atomic mass is 10.1. The maximum atomic E-state index is 6.56. The van der Waals surface area contributed by atoms with Gasteiger partial charge in [-0.05, 0) is 36.8 Å². The van der Waals surface area contributed by atoms with Crippen molar-refractivity contribution in [3.63, 3.8) is 0 Å². The lowest BCUT2D eigenvalue weighted by molar-refractivity contribution is 0.215. The maximum absolute atomic E-state index is 6.56. The van der Waals surface area contributed by atoms with E-state index in [2.05, 4.69) is 42.0 Å². The molecule has 1 fully saturated rings. The molecule has 2 N–H and O–H groups in total. The third-order valence-electron chi connectivity index (χ3n) is 5.48. The van der Waals surface area contributed by atoms with Crippen molar-refractivity contribution in [1.82, 2.24) is 14.8 Å². The molecule has 1 aliphatic rings. The molecule has 0 aliphatic carbocycles. The average molecular weight is 405 g/mol. The molecule has 29 heavy (non-hydrogen) atoms. The van der Waals surface area contributed by atoms with Crippen LogP contribution in [0.15, 0.2) is 67.4 Å². The van der Waals surface area contributed by atoms with E-state index in [1.165, 1.54) is 0 Å². The van der Waals surface area contributed by atoms with Crippen molar-refractivity contribution in [3.05, 3.63) is 78.0 Å². The Morgan fingerprint density at radius 3 is 2.41 bits per heavy atom. The number of aromatic nitrogens is 1. The number of nitrogen functional groups attached to an aromatic ring is 1. The second-order valence-electron chi connectivity index (χ2n) is 7.50. The smallest absolute Gasteiger partial charge is 0.0731 e. The zero-order valence-electron chi connectivity index (χ0n) is 16.7. The first-order valence-electron chi connectivity index (χ1n) is 9.73. The number of halogens is 1. The summed E-state index contributed by atoms with van der Waals surface area (Å²) in [6.07, 6.45) is 0. The highest BCUT2D eigenvalue weighted by Gasteiger charge is 2.19. The van der Waals surface area contributed by atoms with Gasteiger partial charge < -0.3 is 15.5 Å². The van der Waals surface area contributed by atoms with Gasteiger partial charge in [0.1, 0.15) is 0 Å². The standard InChI is InChI=1S/C24H25ClN4/c1-16(2)28-9-11-29(12-10-28)17(3)18-7-8-21-22(25)15-23(27-24(21)14-18)19-5-4-6-20(26)13-19/h4-8,13-15H,1,3,9-12,26H2,2H3. The van der Waals surface area contributed by atoms with Gasteiger partial charge in [0.05, 0.1) is 16.2 Å². The zero-order chi connectivity index (χ0) is 20.5. The normalized spacial score (nSPS) is 14.3. The van der Waals surface area contributed by atoms with Gasteiger partial charge in [-0.1, -0.05) is 49.0 Å². The number of allylic oxidation sites excluding steroid dienone is 1. The molecule has 4 rings (SSSR count). The molecule has 0 radical (unpaired) electrons. The van der Waals surface area contributed by atoms with Crippen LogP contribution in [0.3, 0.4) is 0 Å². The van der Waals surface area contributed by atoms with Gasteiger partial charge in [-0.15, -0.1) is 0 Å². The van der Waals surface area contributed by atoms with Crippen molar-refractivity contribution in [3.8, 4) is 11.3 Å². The summed E-state index contributed by atoms with van der Waals surface area (Å²) < 4.78 is 0. The van der Waals surface area contributed by atoms with Crippen LogP contribution in [0.2, 0.25) is 5.02 Å². The Morgan fingerprint density at radius 1 is 1.00 bits per heavy atom. The Bertz CT molecular complexity index is 1100. The first-order valence-corrected chi connectivity index (χ1v) is 10.1. The van der Waals surface area contributed by atoms with Gasteiger partial charge in [0.15, 0.2) is 0 Å². The van der Waals surface area contributed by atoms with Crippen molar-refractivity contribution in [2.75, 3.05) is 31.9 Å². The minimum atomic E-state index is 0.680. The van der Waals surface area contributed by atoms with Crippen LogP contribution < -0.4 is 5.73 Å². The minimum Gasteiger partial charge on any atom is -0.399 e. The molecule has 0 amide bonds. The van der Waals surface area contributed by atoms with Gasteiger partial charge in [-0.3, -0.25) is 0 Å². The summed E-state index contributed by atoms with van der Waals surface area (Å²) in [6.45, 7) is 14.2. The monoisotopic (exact) mass is 404 g/mol. The quantitative estimate of drug-likeness (QED) is 0.602. The molecule has 2 heterocycles. The number of nitrogens with zero attached hydrogens (tertiary/aromatic N) is 3. The molecule has 0 atom stereocenters. The van der Waals surface area contributed by atoms with Crippen LogP contribution in [0.25, 0.3) is 27.9 Å². The number of hydrogen-bond acceptors (Lipinski definition) is 4. The topological polar surface area (TPSA) is 45.4 Å². The van der Waals surface area contributed by atoms with E-state index in [4.69, 9.17) is 22.3 Å². The number of hydrogen-bond donors (Lipinski definition) is 1. The molecule has 148 valence electrons. The van der Waals surface area contributed by atoms with E-state index < -0.39 is 0 Å². The molecule has 4 nitrogen and oxygen atoms in total. The predicted molar refractivity (Wildman–Crippen MR) is 124 cm³/mol.